The number of imidazole rings is 1. The number of aromatic nitrogens is 2. The number of hydrogen-bond donors (Lipinski definition) is 3. The predicted octanol–water partition coefficient (Wildman–Crippen LogP) is 4.15. The van der Waals surface area contributed by atoms with Gasteiger partial charge in [-0.15, -0.1) is 13.2 Å². The maximum Gasteiger partial charge on any atom is 0.490 e. The summed E-state index contributed by atoms with van der Waals surface area (Å²) in [6.07, 6.45) is -3.54. The van der Waals surface area contributed by atoms with Crippen LogP contribution in [0.4, 0.5) is 13.2 Å². The number of aliphatic hydroxyl groups is 1. The molecular formula is C29H29F3N4O5. The molecular weight excluding hydrogens is 541 g/mol. The fourth-order valence-corrected chi connectivity index (χ4v) is 4.14. The number of benzene rings is 3. The van der Waals surface area contributed by atoms with E-state index in [0.29, 0.717) is 24.6 Å². The molecule has 0 aliphatic heterocycles. The number of amides is 1. The first-order valence-electron chi connectivity index (χ1n) is 12.6. The molecule has 1 heterocycles. The first kappa shape index (κ1) is 29.4. The van der Waals surface area contributed by atoms with Crippen LogP contribution in [0, 0.1) is 0 Å². The highest BCUT2D eigenvalue weighted by Crippen LogP contribution is 2.29. The van der Waals surface area contributed by atoms with Crippen LogP contribution < -0.4 is 15.2 Å². The minimum absolute atomic E-state index is 0.0465. The molecule has 0 saturated heterocycles. The number of carbonyl (C=O) groups excluding carboxylic acids is 1. The molecule has 0 bridgehead atoms. The Morgan fingerprint density at radius 2 is 1.73 bits per heavy atom. The van der Waals surface area contributed by atoms with Crippen molar-refractivity contribution in [2.24, 2.45) is 5.73 Å². The number of halogens is 3. The smallest absolute Gasteiger partial charge is 0.490 e. The molecule has 1 atom stereocenters. The van der Waals surface area contributed by atoms with E-state index in [0.717, 1.165) is 18.0 Å². The van der Waals surface area contributed by atoms with Crippen molar-refractivity contribution in [1.29, 1.82) is 0 Å². The first-order valence-corrected chi connectivity index (χ1v) is 12.6. The maximum absolute atomic E-state index is 13.2. The van der Waals surface area contributed by atoms with Gasteiger partial charge >= 0.3 is 6.30 Å². The highest BCUT2D eigenvalue weighted by Gasteiger charge is 2.33. The zero-order valence-corrected chi connectivity index (χ0v) is 21.9. The highest BCUT2D eigenvalue weighted by molar-refractivity contribution is 5.95. The number of nitrogens with two attached hydrogens (primary N) is 1. The van der Waals surface area contributed by atoms with E-state index in [9.17, 15) is 28.2 Å². The van der Waals surface area contributed by atoms with Gasteiger partial charge < -0.3 is 25.4 Å². The topological polar surface area (TPSA) is 123 Å². The normalized spacial score (nSPS) is 12.3. The lowest BCUT2D eigenvalue weighted by atomic mass is 10.2. The second-order valence-electron chi connectivity index (χ2n) is 9.19. The zero-order chi connectivity index (χ0) is 29.4. The van der Waals surface area contributed by atoms with Crippen LogP contribution in [0.2, 0.25) is 0 Å². The van der Waals surface area contributed by atoms with E-state index >= 15 is 0 Å². The molecule has 0 aliphatic rings. The number of carbonyl (C=O) groups is 1. The number of aliphatic hydroxyl groups excluding tert-OH is 1. The molecule has 0 aliphatic carbocycles. The van der Waals surface area contributed by atoms with Gasteiger partial charge in [-0.25, -0.2) is 9.55 Å². The monoisotopic (exact) mass is 570 g/mol. The van der Waals surface area contributed by atoms with Crippen LogP contribution in [0.1, 0.15) is 15.9 Å². The quantitative estimate of drug-likeness (QED) is 0.221. The lowest BCUT2D eigenvalue weighted by Gasteiger charge is -2.25. The Labute approximate surface area is 234 Å². The van der Waals surface area contributed by atoms with Gasteiger partial charge in [0.25, 0.3) is 5.91 Å². The summed E-state index contributed by atoms with van der Waals surface area (Å²) in [5.74, 6) is -0.499. The van der Waals surface area contributed by atoms with E-state index in [-0.39, 0.29) is 47.0 Å². The predicted molar refractivity (Wildman–Crippen MR) is 144 cm³/mol. The largest absolute Gasteiger partial charge is 0.507 e. The molecule has 0 spiro atoms. The van der Waals surface area contributed by atoms with Crippen LogP contribution in [0.5, 0.6) is 17.2 Å². The van der Waals surface area contributed by atoms with E-state index in [4.69, 9.17) is 15.2 Å². The van der Waals surface area contributed by atoms with Crippen LogP contribution in [0.15, 0.2) is 85.2 Å². The summed E-state index contributed by atoms with van der Waals surface area (Å²) in [6, 6.07) is 19.8. The molecule has 0 radical (unpaired) electrons. The van der Waals surface area contributed by atoms with E-state index in [1.807, 2.05) is 35.2 Å². The molecule has 3 aromatic carbocycles. The fraction of sp³-hybridized carbons (Fsp3) is 0.241. The van der Waals surface area contributed by atoms with E-state index in [2.05, 4.69) is 4.98 Å². The van der Waals surface area contributed by atoms with Gasteiger partial charge in [0, 0.05) is 37.6 Å². The van der Waals surface area contributed by atoms with Crippen molar-refractivity contribution in [3.05, 3.63) is 96.3 Å². The molecule has 1 amide bonds. The SMILES string of the molecule is NC(=O)c1cc(OCCN(Cc2ccccc2)CC(O)COc2ccc(-c3nccn3C(F)(F)F)cc2)ccc1O. The summed E-state index contributed by atoms with van der Waals surface area (Å²) in [5, 5.41) is 20.5. The van der Waals surface area contributed by atoms with Crippen molar-refractivity contribution in [2.75, 3.05) is 26.3 Å². The first-order chi connectivity index (χ1) is 19.6. The van der Waals surface area contributed by atoms with Crippen molar-refractivity contribution in [2.45, 2.75) is 18.9 Å². The average Bonchev–Trinajstić information content (AvgIpc) is 3.45. The van der Waals surface area contributed by atoms with Gasteiger partial charge in [0.1, 0.15) is 42.4 Å². The Morgan fingerprint density at radius 1 is 1.02 bits per heavy atom. The Bertz CT molecular complexity index is 1430. The van der Waals surface area contributed by atoms with Crippen molar-refractivity contribution >= 4 is 5.91 Å². The molecule has 9 nitrogen and oxygen atoms in total. The average molecular weight is 571 g/mol. The van der Waals surface area contributed by atoms with Gasteiger partial charge in [0.15, 0.2) is 0 Å². The third-order valence-corrected chi connectivity index (χ3v) is 6.10. The molecule has 4 aromatic rings. The molecule has 4 N–H and O–H groups in total. The van der Waals surface area contributed by atoms with E-state index in [1.54, 1.807) is 0 Å². The maximum atomic E-state index is 13.2. The number of primary amides is 1. The fourth-order valence-electron chi connectivity index (χ4n) is 4.14. The van der Waals surface area contributed by atoms with Gasteiger partial charge in [-0.1, -0.05) is 30.3 Å². The van der Waals surface area contributed by atoms with Gasteiger partial charge in [0.2, 0.25) is 0 Å². The van der Waals surface area contributed by atoms with Crippen molar-refractivity contribution < 1.29 is 37.7 Å². The standard InChI is InChI=1S/C29H29F3N4O5/c30-29(31,32)36-13-12-34-28(36)21-6-8-23(9-7-21)41-19-22(37)18-35(17-20-4-2-1-3-5-20)14-15-40-24-10-11-26(38)25(16-24)27(33)39/h1-13,16,22,37-38H,14-15,17-19H2,(H2,33,39). The number of alkyl halides is 3. The summed E-state index contributed by atoms with van der Waals surface area (Å²) < 4.78 is 51.0. The summed E-state index contributed by atoms with van der Waals surface area (Å²) in [5.41, 5.74) is 6.52. The summed E-state index contributed by atoms with van der Waals surface area (Å²) in [6.45, 7) is 1.34. The van der Waals surface area contributed by atoms with Crippen LogP contribution in [-0.2, 0) is 12.8 Å². The zero-order valence-electron chi connectivity index (χ0n) is 21.9. The molecule has 216 valence electrons. The van der Waals surface area contributed by atoms with Crippen molar-refractivity contribution in [3.63, 3.8) is 0 Å². The summed E-state index contributed by atoms with van der Waals surface area (Å²) >= 11 is 0. The number of nitrogens with zero attached hydrogens (tertiary/aromatic N) is 3. The van der Waals surface area contributed by atoms with Crippen LogP contribution in [-0.4, -0.2) is 63.0 Å². The molecule has 0 fully saturated rings. The second kappa shape index (κ2) is 13.2. The number of hydrogen-bond acceptors (Lipinski definition) is 7. The lowest BCUT2D eigenvalue weighted by molar-refractivity contribution is -0.202. The third kappa shape index (κ3) is 8.22. The van der Waals surface area contributed by atoms with Crippen LogP contribution >= 0.6 is 0 Å². The molecule has 1 aromatic heterocycles. The van der Waals surface area contributed by atoms with E-state index in [1.165, 1.54) is 42.5 Å². The Kier molecular flexibility index (Phi) is 9.48. The number of aromatic hydroxyl groups is 1. The summed E-state index contributed by atoms with van der Waals surface area (Å²) in [4.78, 5) is 17.2. The molecule has 12 heteroatoms. The highest BCUT2D eigenvalue weighted by atomic mass is 19.4. The molecule has 1 unspecified atom stereocenters. The lowest BCUT2D eigenvalue weighted by Crippen LogP contribution is -2.37. The Morgan fingerprint density at radius 3 is 2.41 bits per heavy atom. The molecule has 0 saturated carbocycles. The van der Waals surface area contributed by atoms with E-state index < -0.39 is 18.3 Å². The van der Waals surface area contributed by atoms with Gasteiger partial charge in [-0.3, -0.25) is 9.69 Å². The Hall–Kier alpha value is -4.55. The molecule has 4 rings (SSSR count). The number of phenols is 1. The van der Waals surface area contributed by atoms with Gasteiger partial charge in [-0.2, -0.15) is 0 Å². The van der Waals surface area contributed by atoms with Crippen LogP contribution in [0.25, 0.3) is 11.4 Å². The second-order valence-corrected chi connectivity index (χ2v) is 9.19. The van der Waals surface area contributed by atoms with Crippen molar-refractivity contribution in [1.82, 2.24) is 14.5 Å². The minimum Gasteiger partial charge on any atom is -0.507 e. The van der Waals surface area contributed by atoms with Crippen molar-refractivity contribution in [3.8, 4) is 28.6 Å². The Balaban J connectivity index is 1.34. The van der Waals surface area contributed by atoms with Gasteiger partial charge in [0.05, 0.1) is 5.56 Å². The summed E-state index contributed by atoms with van der Waals surface area (Å²) in [7, 11) is 0. The number of rotatable bonds is 13. The van der Waals surface area contributed by atoms with Gasteiger partial charge in [-0.05, 0) is 48.0 Å². The third-order valence-electron chi connectivity index (χ3n) is 6.10. The van der Waals surface area contributed by atoms with Crippen LogP contribution in [0.3, 0.4) is 0 Å². The minimum atomic E-state index is -4.59. The number of ether oxygens (including phenoxy) is 2. The molecule has 41 heavy (non-hydrogen) atoms.